The van der Waals surface area contributed by atoms with Gasteiger partial charge in [0.2, 0.25) is 0 Å². The number of amides is 1. The summed E-state index contributed by atoms with van der Waals surface area (Å²) in [4.78, 5) is 26.0. The molecule has 1 atom stereocenters. The van der Waals surface area contributed by atoms with Crippen LogP contribution in [-0.2, 0) is 9.59 Å². The van der Waals surface area contributed by atoms with Crippen LogP contribution in [0.25, 0.3) is 5.76 Å². The first kappa shape index (κ1) is 18.1. The lowest BCUT2D eigenvalue weighted by Gasteiger charge is -2.24. The molecule has 1 aliphatic rings. The molecule has 134 valence electrons. The molecule has 1 aliphatic heterocycles. The minimum absolute atomic E-state index is 0.122. The van der Waals surface area contributed by atoms with Gasteiger partial charge in [0.15, 0.2) is 0 Å². The van der Waals surface area contributed by atoms with Gasteiger partial charge in [0.1, 0.15) is 11.6 Å². The van der Waals surface area contributed by atoms with Gasteiger partial charge >= 0.3 is 0 Å². The van der Waals surface area contributed by atoms with Crippen molar-refractivity contribution in [2.24, 2.45) is 0 Å². The molecule has 0 bridgehead atoms. The van der Waals surface area contributed by atoms with Crippen molar-refractivity contribution >= 4 is 29.1 Å². The molecule has 1 saturated heterocycles. The maximum atomic E-state index is 13.7. The van der Waals surface area contributed by atoms with Crippen LogP contribution in [0.1, 0.15) is 17.2 Å². The average molecular weight is 376 g/mol. The molecule has 0 aromatic heterocycles. The van der Waals surface area contributed by atoms with E-state index in [4.69, 9.17) is 11.6 Å². The molecular formula is C19H15ClFNO4. The summed E-state index contributed by atoms with van der Waals surface area (Å²) in [5.41, 5.74) is 0.474. The normalized spacial score (nSPS) is 19.2. The van der Waals surface area contributed by atoms with Crippen molar-refractivity contribution in [3.8, 4) is 0 Å². The molecule has 0 radical (unpaired) electrons. The number of aliphatic hydroxyl groups excluding tert-OH is 2. The molecule has 26 heavy (non-hydrogen) atoms. The molecule has 1 fully saturated rings. The van der Waals surface area contributed by atoms with Crippen molar-refractivity contribution in [2.75, 3.05) is 13.2 Å². The molecule has 0 spiro atoms. The Balaban J connectivity index is 2.19. The van der Waals surface area contributed by atoms with Gasteiger partial charge in [-0.15, -0.1) is 0 Å². The van der Waals surface area contributed by atoms with E-state index in [1.807, 2.05) is 0 Å². The fourth-order valence-corrected chi connectivity index (χ4v) is 3.13. The van der Waals surface area contributed by atoms with E-state index < -0.39 is 23.5 Å². The number of Topliss-reactive ketones (excluding diaryl/α,β-unsaturated/α-hetero) is 1. The lowest BCUT2D eigenvalue weighted by Crippen LogP contribution is -2.32. The van der Waals surface area contributed by atoms with E-state index in [2.05, 4.69) is 0 Å². The number of ketones is 1. The highest BCUT2D eigenvalue weighted by molar-refractivity contribution is 6.46. The molecule has 1 heterocycles. The average Bonchev–Trinajstić information content (AvgIpc) is 2.87. The van der Waals surface area contributed by atoms with Crippen LogP contribution in [0.15, 0.2) is 54.1 Å². The van der Waals surface area contributed by atoms with Gasteiger partial charge in [-0.3, -0.25) is 9.59 Å². The highest BCUT2D eigenvalue weighted by Gasteiger charge is 2.45. The number of hydrogen-bond donors (Lipinski definition) is 2. The summed E-state index contributed by atoms with van der Waals surface area (Å²) < 4.78 is 13.7. The standard InChI is InChI=1S/C19H15ClFNO4/c20-13-6-4-11(5-7-13)17(24)15-16(12-2-1-3-14(21)10-12)22(8-9-23)19(26)18(15)25/h1-7,10,16,23-24H,8-9H2/t16-/m1/s1. The summed E-state index contributed by atoms with van der Waals surface area (Å²) in [6, 6.07) is 10.5. The highest BCUT2D eigenvalue weighted by atomic mass is 35.5. The summed E-state index contributed by atoms with van der Waals surface area (Å²) in [6.07, 6.45) is 0. The van der Waals surface area contributed by atoms with Crippen LogP contribution in [0.5, 0.6) is 0 Å². The van der Waals surface area contributed by atoms with Crippen LogP contribution in [0, 0.1) is 5.82 Å². The van der Waals surface area contributed by atoms with Gasteiger partial charge < -0.3 is 15.1 Å². The van der Waals surface area contributed by atoms with Gasteiger partial charge in [0, 0.05) is 17.1 Å². The first-order valence-corrected chi connectivity index (χ1v) is 8.22. The molecule has 7 heteroatoms. The molecule has 0 unspecified atom stereocenters. The number of β-amino-alcohol motifs (C(OH)–C–C–N with tert-alkyl or cyclic N) is 1. The smallest absolute Gasteiger partial charge is 0.295 e. The van der Waals surface area contributed by atoms with Crippen molar-refractivity contribution in [1.82, 2.24) is 4.90 Å². The summed E-state index contributed by atoms with van der Waals surface area (Å²) in [7, 11) is 0. The monoisotopic (exact) mass is 375 g/mol. The minimum atomic E-state index is -0.992. The van der Waals surface area contributed by atoms with Crippen molar-refractivity contribution in [1.29, 1.82) is 0 Å². The Morgan fingerprint density at radius 1 is 1.15 bits per heavy atom. The molecule has 2 aromatic rings. The number of carbonyl (C=O) groups is 2. The van der Waals surface area contributed by atoms with Crippen LogP contribution >= 0.6 is 11.6 Å². The third-order valence-electron chi connectivity index (χ3n) is 4.16. The number of benzene rings is 2. The van der Waals surface area contributed by atoms with E-state index in [-0.39, 0.29) is 24.5 Å². The van der Waals surface area contributed by atoms with Crippen molar-refractivity contribution in [3.63, 3.8) is 0 Å². The van der Waals surface area contributed by atoms with Gasteiger partial charge in [0.05, 0.1) is 18.2 Å². The Hall–Kier alpha value is -2.70. The number of nitrogens with zero attached hydrogens (tertiary/aromatic N) is 1. The largest absolute Gasteiger partial charge is 0.507 e. The summed E-state index contributed by atoms with van der Waals surface area (Å²) in [6.45, 7) is -0.497. The second kappa shape index (κ2) is 7.27. The van der Waals surface area contributed by atoms with E-state index in [1.54, 1.807) is 6.07 Å². The van der Waals surface area contributed by atoms with E-state index in [0.717, 1.165) is 4.90 Å². The predicted octanol–water partition coefficient (Wildman–Crippen LogP) is 2.89. The van der Waals surface area contributed by atoms with Gasteiger partial charge in [-0.2, -0.15) is 0 Å². The highest BCUT2D eigenvalue weighted by Crippen LogP contribution is 2.39. The number of aliphatic hydroxyl groups is 2. The number of hydrogen-bond acceptors (Lipinski definition) is 4. The summed E-state index contributed by atoms with van der Waals surface area (Å²) in [5, 5.41) is 20.4. The van der Waals surface area contributed by atoms with Crippen molar-refractivity contribution in [2.45, 2.75) is 6.04 Å². The lowest BCUT2D eigenvalue weighted by molar-refractivity contribution is -0.140. The van der Waals surface area contributed by atoms with Gasteiger partial charge in [-0.25, -0.2) is 4.39 Å². The minimum Gasteiger partial charge on any atom is -0.507 e. The number of carbonyl (C=O) groups excluding carboxylic acids is 2. The topological polar surface area (TPSA) is 77.8 Å². The fraction of sp³-hybridized carbons (Fsp3) is 0.158. The fourth-order valence-electron chi connectivity index (χ4n) is 3.00. The molecular weight excluding hydrogens is 361 g/mol. The van der Waals surface area contributed by atoms with E-state index in [1.165, 1.54) is 42.5 Å². The quantitative estimate of drug-likeness (QED) is 0.489. The third kappa shape index (κ3) is 3.21. The van der Waals surface area contributed by atoms with Crippen molar-refractivity contribution in [3.05, 3.63) is 76.1 Å². The first-order chi connectivity index (χ1) is 12.4. The van der Waals surface area contributed by atoms with Crippen molar-refractivity contribution < 1.29 is 24.2 Å². The Bertz CT molecular complexity index is 895. The second-order valence-corrected chi connectivity index (χ2v) is 6.21. The maximum Gasteiger partial charge on any atom is 0.295 e. The SMILES string of the molecule is O=C1C(=O)N(CCO)[C@H](c2cccc(F)c2)C1=C(O)c1ccc(Cl)cc1. The van der Waals surface area contributed by atoms with Crippen LogP contribution < -0.4 is 0 Å². The van der Waals surface area contributed by atoms with Crippen LogP contribution in [0.2, 0.25) is 5.02 Å². The lowest BCUT2D eigenvalue weighted by atomic mass is 9.95. The zero-order valence-corrected chi connectivity index (χ0v) is 14.3. The van der Waals surface area contributed by atoms with Gasteiger partial charge in [-0.05, 0) is 42.0 Å². The second-order valence-electron chi connectivity index (χ2n) is 5.78. The zero-order valence-electron chi connectivity index (χ0n) is 13.5. The molecule has 5 nitrogen and oxygen atoms in total. The van der Waals surface area contributed by atoms with Crippen LogP contribution in [0.4, 0.5) is 4.39 Å². The number of rotatable bonds is 4. The number of halogens is 2. The maximum absolute atomic E-state index is 13.7. The predicted molar refractivity (Wildman–Crippen MR) is 93.9 cm³/mol. The molecule has 0 aliphatic carbocycles. The molecule has 0 saturated carbocycles. The third-order valence-corrected chi connectivity index (χ3v) is 4.41. The Morgan fingerprint density at radius 2 is 1.85 bits per heavy atom. The first-order valence-electron chi connectivity index (χ1n) is 7.84. The van der Waals surface area contributed by atoms with E-state index in [0.29, 0.717) is 16.1 Å². The van der Waals surface area contributed by atoms with Gasteiger partial charge in [0.25, 0.3) is 11.7 Å². The Labute approximate surface area is 153 Å². The Morgan fingerprint density at radius 3 is 2.46 bits per heavy atom. The molecule has 1 amide bonds. The zero-order chi connectivity index (χ0) is 18.8. The van der Waals surface area contributed by atoms with Gasteiger partial charge in [-0.1, -0.05) is 23.7 Å². The summed E-state index contributed by atoms with van der Waals surface area (Å²) >= 11 is 5.84. The van der Waals surface area contributed by atoms with Crippen LogP contribution in [0.3, 0.4) is 0 Å². The molecule has 3 rings (SSSR count). The molecule has 2 aromatic carbocycles. The van der Waals surface area contributed by atoms with E-state index in [9.17, 15) is 24.2 Å². The molecule has 2 N–H and O–H groups in total. The Kier molecular flexibility index (Phi) is 5.06. The van der Waals surface area contributed by atoms with E-state index >= 15 is 0 Å². The van der Waals surface area contributed by atoms with Crippen LogP contribution in [-0.4, -0.2) is 40.0 Å². The summed E-state index contributed by atoms with van der Waals surface area (Å²) in [5.74, 6) is -2.66. The number of likely N-dealkylation sites (tertiary alicyclic amines) is 1.